The third-order valence-electron chi connectivity index (χ3n) is 4.48. The summed E-state index contributed by atoms with van der Waals surface area (Å²) in [5.41, 5.74) is 1.19. The van der Waals surface area contributed by atoms with Crippen molar-refractivity contribution in [1.29, 1.82) is 0 Å². The van der Waals surface area contributed by atoms with Crippen LogP contribution in [-0.2, 0) is 11.3 Å². The van der Waals surface area contributed by atoms with Gasteiger partial charge in [-0.15, -0.1) is 0 Å². The molecule has 0 heterocycles. The second-order valence-electron chi connectivity index (χ2n) is 6.82. The number of ether oxygens (including phenoxy) is 1. The molecule has 0 radical (unpaired) electrons. The normalized spacial score (nSPS) is 26.2. The first-order valence-electron chi connectivity index (χ1n) is 8.11. The molecule has 3 heteroatoms. The zero-order valence-electron chi connectivity index (χ0n) is 13.5. The molecule has 0 aliphatic heterocycles. The average molecular weight is 310 g/mol. The monoisotopic (exact) mass is 309 g/mol. The van der Waals surface area contributed by atoms with Crippen molar-refractivity contribution in [2.45, 2.75) is 64.7 Å². The molecule has 0 spiro atoms. The summed E-state index contributed by atoms with van der Waals surface area (Å²) in [6.45, 7) is 8.35. The van der Waals surface area contributed by atoms with E-state index in [1.165, 1.54) is 18.4 Å². The molecule has 0 unspecified atom stereocenters. The Hall–Kier alpha value is -0.570. The van der Waals surface area contributed by atoms with Crippen molar-refractivity contribution in [1.82, 2.24) is 5.32 Å². The summed E-state index contributed by atoms with van der Waals surface area (Å²) in [4.78, 5) is 0. The Morgan fingerprint density at radius 1 is 1.24 bits per heavy atom. The minimum Gasteiger partial charge on any atom is -0.369 e. The van der Waals surface area contributed by atoms with Crippen LogP contribution in [0.1, 0.15) is 52.0 Å². The van der Waals surface area contributed by atoms with Gasteiger partial charge < -0.3 is 10.1 Å². The largest absolute Gasteiger partial charge is 0.369 e. The fourth-order valence-corrected chi connectivity index (χ4v) is 2.99. The fourth-order valence-electron chi connectivity index (χ4n) is 2.87. The highest BCUT2D eigenvalue weighted by Gasteiger charge is 2.35. The third-order valence-corrected chi connectivity index (χ3v) is 4.73. The van der Waals surface area contributed by atoms with Crippen LogP contribution < -0.4 is 5.32 Å². The van der Waals surface area contributed by atoms with Crippen LogP contribution in [0.4, 0.5) is 0 Å². The van der Waals surface area contributed by atoms with Gasteiger partial charge in [-0.1, -0.05) is 44.5 Å². The molecule has 1 fully saturated rings. The van der Waals surface area contributed by atoms with Crippen molar-refractivity contribution in [2.75, 3.05) is 6.54 Å². The van der Waals surface area contributed by atoms with Gasteiger partial charge in [-0.25, -0.2) is 0 Å². The van der Waals surface area contributed by atoms with Crippen molar-refractivity contribution in [3.8, 4) is 0 Å². The highest BCUT2D eigenvalue weighted by atomic mass is 35.5. The van der Waals surface area contributed by atoms with Gasteiger partial charge in [-0.05, 0) is 49.3 Å². The lowest BCUT2D eigenvalue weighted by Crippen LogP contribution is -2.47. The van der Waals surface area contributed by atoms with E-state index < -0.39 is 0 Å². The lowest BCUT2D eigenvalue weighted by atomic mass is 9.79. The van der Waals surface area contributed by atoms with Crippen molar-refractivity contribution < 1.29 is 4.74 Å². The van der Waals surface area contributed by atoms with Gasteiger partial charge in [0, 0.05) is 17.6 Å². The van der Waals surface area contributed by atoms with Gasteiger partial charge in [0.05, 0.1) is 12.2 Å². The second-order valence-corrected chi connectivity index (χ2v) is 7.25. The Balaban J connectivity index is 1.96. The molecule has 0 amide bonds. The van der Waals surface area contributed by atoms with E-state index in [0.29, 0.717) is 12.6 Å². The topological polar surface area (TPSA) is 21.3 Å². The zero-order valence-corrected chi connectivity index (χ0v) is 14.2. The SMILES string of the molecule is CC1CCC(CNC(C)C)(OCc2ccc(Cl)cc2)CC1. The minimum absolute atomic E-state index is 0.00356. The first-order chi connectivity index (χ1) is 9.99. The molecule has 118 valence electrons. The van der Waals surface area contributed by atoms with Crippen LogP contribution in [0.2, 0.25) is 5.02 Å². The number of benzene rings is 1. The quantitative estimate of drug-likeness (QED) is 0.814. The number of rotatable bonds is 6. The molecule has 0 atom stereocenters. The van der Waals surface area contributed by atoms with E-state index in [4.69, 9.17) is 16.3 Å². The molecular weight excluding hydrogens is 282 g/mol. The Kier molecular flexibility index (Phi) is 6.09. The number of hydrogen-bond acceptors (Lipinski definition) is 2. The van der Waals surface area contributed by atoms with E-state index in [9.17, 15) is 0 Å². The van der Waals surface area contributed by atoms with Gasteiger partial charge in [0.25, 0.3) is 0 Å². The van der Waals surface area contributed by atoms with Crippen LogP contribution in [0.5, 0.6) is 0 Å². The molecule has 1 aromatic rings. The van der Waals surface area contributed by atoms with Crippen molar-refractivity contribution in [2.24, 2.45) is 5.92 Å². The third kappa shape index (κ3) is 5.28. The van der Waals surface area contributed by atoms with Crippen LogP contribution in [-0.4, -0.2) is 18.2 Å². The van der Waals surface area contributed by atoms with Gasteiger partial charge in [-0.2, -0.15) is 0 Å². The number of halogens is 1. The summed E-state index contributed by atoms with van der Waals surface area (Å²) in [5.74, 6) is 0.830. The van der Waals surface area contributed by atoms with Crippen LogP contribution in [0.15, 0.2) is 24.3 Å². The lowest BCUT2D eigenvalue weighted by Gasteiger charge is -2.40. The van der Waals surface area contributed by atoms with E-state index in [1.54, 1.807) is 0 Å². The first kappa shape index (κ1) is 16.8. The zero-order chi connectivity index (χ0) is 15.3. The molecule has 1 N–H and O–H groups in total. The highest BCUT2D eigenvalue weighted by molar-refractivity contribution is 6.30. The maximum atomic E-state index is 6.39. The molecule has 1 aromatic carbocycles. The maximum absolute atomic E-state index is 6.39. The van der Waals surface area contributed by atoms with E-state index in [1.807, 2.05) is 12.1 Å². The Morgan fingerprint density at radius 3 is 2.43 bits per heavy atom. The molecule has 0 bridgehead atoms. The summed E-state index contributed by atoms with van der Waals surface area (Å²) in [6.07, 6.45) is 4.84. The van der Waals surface area contributed by atoms with Crippen LogP contribution in [0.25, 0.3) is 0 Å². The molecule has 2 rings (SSSR count). The predicted molar refractivity (Wildman–Crippen MR) is 89.7 cm³/mol. The first-order valence-corrected chi connectivity index (χ1v) is 8.49. The highest BCUT2D eigenvalue weighted by Crippen LogP contribution is 2.35. The molecule has 2 nitrogen and oxygen atoms in total. The molecule has 0 saturated heterocycles. The summed E-state index contributed by atoms with van der Waals surface area (Å²) in [7, 11) is 0. The molecule has 1 saturated carbocycles. The van der Waals surface area contributed by atoms with Gasteiger partial charge in [-0.3, -0.25) is 0 Å². The van der Waals surface area contributed by atoms with Gasteiger partial charge >= 0.3 is 0 Å². The van der Waals surface area contributed by atoms with Crippen LogP contribution >= 0.6 is 11.6 Å². The minimum atomic E-state index is -0.00356. The Morgan fingerprint density at radius 2 is 1.86 bits per heavy atom. The Labute approximate surface area is 134 Å². The molecule has 1 aliphatic carbocycles. The maximum Gasteiger partial charge on any atom is 0.0811 e. The van der Waals surface area contributed by atoms with Gasteiger partial charge in [0.1, 0.15) is 0 Å². The predicted octanol–water partition coefficient (Wildman–Crippen LogP) is 4.80. The van der Waals surface area contributed by atoms with Crippen LogP contribution in [0, 0.1) is 5.92 Å². The van der Waals surface area contributed by atoms with Crippen molar-refractivity contribution in [3.05, 3.63) is 34.9 Å². The molecule has 21 heavy (non-hydrogen) atoms. The summed E-state index contributed by atoms with van der Waals surface area (Å²) >= 11 is 5.94. The summed E-state index contributed by atoms with van der Waals surface area (Å²) in [5, 5.41) is 4.35. The Bertz CT molecular complexity index is 421. The number of nitrogens with one attached hydrogen (secondary N) is 1. The van der Waals surface area contributed by atoms with E-state index in [-0.39, 0.29) is 5.60 Å². The number of hydrogen-bond donors (Lipinski definition) is 1. The average Bonchev–Trinajstić information content (AvgIpc) is 2.47. The summed E-state index contributed by atoms with van der Waals surface area (Å²) in [6, 6.07) is 8.47. The second kappa shape index (κ2) is 7.62. The summed E-state index contributed by atoms with van der Waals surface area (Å²) < 4.78 is 6.39. The van der Waals surface area contributed by atoms with Gasteiger partial charge in [0.15, 0.2) is 0 Å². The smallest absolute Gasteiger partial charge is 0.0811 e. The van der Waals surface area contributed by atoms with Crippen molar-refractivity contribution >= 4 is 11.6 Å². The van der Waals surface area contributed by atoms with Crippen LogP contribution in [0.3, 0.4) is 0 Å². The fraction of sp³-hybridized carbons (Fsp3) is 0.667. The molecule has 0 aromatic heterocycles. The van der Waals surface area contributed by atoms with Crippen molar-refractivity contribution in [3.63, 3.8) is 0 Å². The molecule has 1 aliphatic rings. The lowest BCUT2D eigenvalue weighted by molar-refractivity contribution is -0.0858. The van der Waals surface area contributed by atoms with E-state index in [0.717, 1.165) is 30.3 Å². The van der Waals surface area contributed by atoms with Gasteiger partial charge in [0.2, 0.25) is 0 Å². The van der Waals surface area contributed by atoms with E-state index in [2.05, 4.69) is 38.2 Å². The van der Waals surface area contributed by atoms with E-state index >= 15 is 0 Å². The standard InChI is InChI=1S/C18H28ClNO/c1-14(2)20-13-18(10-8-15(3)9-11-18)21-12-16-4-6-17(19)7-5-16/h4-7,14-15,20H,8-13H2,1-3H3. The molecular formula is C18H28ClNO.